The third kappa shape index (κ3) is 2.38. The molecule has 0 saturated carbocycles. The van der Waals surface area contributed by atoms with Crippen molar-refractivity contribution < 1.29 is 4.42 Å². The molecular weight excluding hydrogens is 302 g/mol. The first kappa shape index (κ1) is 12.3. The second-order valence-corrected chi connectivity index (χ2v) is 5.34. The summed E-state index contributed by atoms with van der Waals surface area (Å²) in [6.45, 7) is 2.83. The third-order valence-electron chi connectivity index (χ3n) is 3.22. The van der Waals surface area contributed by atoms with Gasteiger partial charge in [0.1, 0.15) is 5.58 Å². The molecule has 0 atom stereocenters. The van der Waals surface area contributed by atoms with Crippen molar-refractivity contribution in [2.45, 2.75) is 13.5 Å². The molecule has 0 aliphatic carbocycles. The lowest BCUT2D eigenvalue weighted by molar-refractivity contribution is 0.611. The van der Waals surface area contributed by atoms with Crippen LogP contribution in [0.4, 0.5) is 5.69 Å². The lowest BCUT2D eigenvalue weighted by atomic mass is 10.1. The SMILES string of the molecule is Cc1cccc(NCc2coc3ccccc23)c1Br. The molecule has 19 heavy (non-hydrogen) atoms. The second kappa shape index (κ2) is 5.10. The summed E-state index contributed by atoms with van der Waals surface area (Å²) in [7, 11) is 0. The Morgan fingerprint density at radius 1 is 1.11 bits per heavy atom. The van der Waals surface area contributed by atoms with E-state index in [0.717, 1.165) is 22.3 Å². The molecular formula is C16H14BrNO. The number of fused-ring (bicyclic) bond motifs is 1. The Labute approximate surface area is 120 Å². The molecule has 0 unspecified atom stereocenters. The Balaban J connectivity index is 1.84. The number of benzene rings is 2. The number of halogens is 1. The summed E-state index contributed by atoms with van der Waals surface area (Å²) in [6.07, 6.45) is 1.82. The van der Waals surface area contributed by atoms with Crippen molar-refractivity contribution in [3.8, 4) is 0 Å². The highest BCUT2D eigenvalue weighted by Gasteiger charge is 2.06. The first-order chi connectivity index (χ1) is 9.25. The van der Waals surface area contributed by atoms with Gasteiger partial charge in [-0.3, -0.25) is 0 Å². The molecule has 1 N–H and O–H groups in total. The molecule has 1 aromatic heterocycles. The standard InChI is InChI=1S/C16H14BrNO/c1-11-5-4-7-14(16(11)17)18-9-12-10-19-15-8-3-2-6-13(12)15/h2-8,10,18H,9H2,1H3. The Hall–Kier alpha value is -1.74. The van der Waals surface area contributed by atoms with Crippen molar-refractivity contribution in [1.82, 2.24) is 0 Å². The van der Waals surface area contributed by atoms with Crippen molar-refractivity contribution in [2.24, 2.45) is 0 Å². The van der Waals surface area contributed by atoms with Gasteiger partial charge in [0.2, 0.25) is 0 Å². The van der Waals surface area contributed by atoms with E-state index < -0.39 is 0 Å². The zero-order valence-corrected chi connectivity index (χ0v) is 12.2. The molecule has 0 fully saturated rings. The van der Waals surface area contributed by atoms with Crippen molar-refractivity contribution in [3.63, 3.8) is 0 Å². The van der Waals surface area contributed by atoms with Crippen molar-refractivity contribution >= 4 is 32.6 Å². The minimum Gasteiger partial charge on any atom is -0.464 e. The Kier molecular flexibility index (Phi) is 3.30. The third-order valence-corrected chi connectivity index (χ3v) is 4.27. The number of hydrogen-bond acceptors (Lipinski definition) is 2. The normalized spacial score (nSPS) is 10.8. The van der Waals surface area contributed by atoms with E-state index in [9.17, 15) is 0 Å². The maximum Gasteiger partial charge on any atom is 0.134 e. The molecule has 3 aromatic rings. The predicted octanol–water partition coefficient (Wildman–Crippen LogP) is 5.12. The highest BCUT2D eigenvalue weighted by Crippen LogP contribution is 2.27. The van der Waals surface area contributed by atoms with Gasteiger partial charge in [-0.15, -0.1) is 0 Å². The molecule has 3 heteroatoms. The Bertz CT molecular complexity index is 718. The van der Waals surface area contributed by atoms with Crippen molar-refractivity contribution in [3.05, 3.63) is 64.3 Å². The largest absolute Gasteiger partial charge is 0.464 e. The first-order valence-electron chi connectivity index (χ1n) is 6.20. The summed E-state index contributed by atoms with van der Waals surface area (Å²) in [6, 6.07) is 14.3. The molecule has 0 saturated heterocycles. The lowest BCUT2D eigenvalue weighted by Crippen LogP contribution is -1.99. The molecule has 0 aliphatic rings. The van der Waals surface area contributed by atoms with Gasteiger partial charge in [0.15, 0.2) is 0 Å². The van der Waals surface area contributed by atoms with E-state index >= 15 is 0 Å². The molecule has 0 aliphatic heterocycles. The van der Waals surface area contributed by atoms with Crippen LogP contribution in [-0.4, -0.2) is 0 Å². The smallest absolute Gasteiger partial charge is 0.134 e. The van der Waals surface area contributed by atoms with E-state index in [1.165, 1.54) is 16.5 Å². The highest BCUT2D eigenvalue weighted by molar-refractivity contribution is 9.10. The van der Waals surface area contributed by atoms with Gasteiger partial charge in [-0.05, 0) is 40.5 Å². The fraction of sp³-hybridized carbons (Fsp3) is 0.125. The average molecular weight is 316 g/mol. The molecule has 2 nitrogen and oxygen atoms in total. The van der Waals surface area contributed by atoms with E-state index in [4.69, 9.17) is 4.42 Å². The molecule has 1 heterocycles. The summed E-state index contributed by atoms with van der Waals surface area (Å²) in [5, 5.41) is 4.61. The van der Waals surface area contributed by atoms with Gasteiger partial charge in [0.05, 0.1) is 6.26 Å². The fourth-order valence-corrected chi connectivity index (χ4v) is 2.55. The minimum atomic E-state index is 0.749. The van der Waals surface area contributed by atoms with E-state index in [1.807, 2.05) is 24.5 Å². The molecule has 0 amide bonds. The molecule has 96 valence electrons. The Morgan fingerprint density at radius 2 is 1.95 bits per heavy atom. The summed E-state index contributed by atoms with van der Waals surface area (Å²) < 4.78 is 6.65. The van der Waals surface area contributed by atoms with Gasteiger partial charge in [-0.2, -0.15) is 0 Å². The number of para-hydroxylation sites is 1. The molecule has 0 spiro atoms. The van der Waals surface area contributed by atoms with Crippen LogP contribution in [0, 0.1) is 6.92 Å². The molecule has 0 radical (unpaired) electrons. The summed E-state index contributed by atoms with van der Waals surface area (Å²) in [5.74, 6) is 0. The average Bonchev–Trinajstić information content (AvgIpc) is 2.84. The van der Waals surface area contributed by atoms with Crippen LogP contribution in [-0.2, 0) is 6.54 Å². The topological polar surface area (TPSA) is 25.2 Å². The van der Waals surface area contributed by atoms with Crippen LogP contribution in [0.2, 0.25) is 0 Å². The highest BCUT2D eigenvalue weighted by atomic mass is 79.9. The van der Waals surface area contributed by atoms with Crippen molar-refractivity contribution in [1.29, 1.82) is 0 Å². The number of nitrogens with one attached hydrogen (secondary N) is 1. The van der Waals surface area contributed by atoms with Gasteiger partial charge in [0, 0.05) is 27.7 Å². The van der Waals surface area contributed by atoms with Crippen LogP contribution in [0.1, 0.15) is 11.1 Å². The maximum atomic E-state index is 5.54. The van der Waals surface area contributed by atoms with Crippen LogP contribution in [0.3, 0.4) is 0 Å². The van der Waals surface area contributed by atoms with E-state index in [1.54, 1.807) is 0 Å². The minimum absolute atomic E-state index is 0.749. The number of hydrogen-bond donors (Lipinski definition) is 1. The lowest BCUT2D eigenvalue weighted by Gasteiger charge is -2.09. The fourth-order valence-electron chi connectivity index (χ4n) is 2.14. The van der Waals surface area contributed by atoms with Gasteiger partial charge in [0.25, 0.3) is 0 Å². The maximum absolute atomic E-state index is 5.54. The number of rotatable bonds is 3. The van der Waals surface area contributed by atoms with E-state index in [-0.39, 0.29) is 0 Å². The van der Waals surface area contributed by atoms with Crippen LogP contribution in [0.5, 0.6) is 0 Å². The van der Waals surface area contributed by atoms with Crippen LogP contribution in [0.25, 0.3) is 11.0 Å². The van der Waals surface area contributed by atoms with E-state index in [0.29, 0.717) is 0 Å². The summed E-state index contributed by atoms with van der Waals surface area (Å²) in [4.78, 5) is 0. The Morgan fingerprint density at radius 3 is 2.84 bits per heavy atom. The van der Waals surface area contributed by atoms with Crippen molar-refractivity contribution in [2.75, 3.05) is 5.32 Å². The summed E-state index contributed by atoms with van der Waals surface area (Å²) in [5.41, 5.74) is 4.43. The quantitative estimate of drug-likeness (QED) is 0.726. The monoisotopic (exact) mass is 315 g/mol. The summed E-state index contributed by atoms with van der Waals surface area (Å²) >= 11 is 3.61. The second-order valence-electron chi connectivity index (χ2n) is 4.55. The van der Waals surface area contributed by atoms with Gasteiger partial charge in [-0.1, -0.05) is 30.3 Å². The molecule has 3 rings (SSSR count). The number of aryl methyl sites for hydroxylation is 1. The van der Waals surface area contributed by atoms with Crippen LogP contribution >= 0.6 is 15.9 Å². The first-order valence-corrected chi connectivity index (χ1v) is 6.99. The molecule has 2 aromatic carbocycles. The van der Waals surface area contributed by atoms with Crippen LogP contribution in [0.15, 0.2) is 57.6 Å². The van der Waals surface area contributed by atoms with Gasteiger partial charge < -0.3 is 9.73 Å². The predicted molar refractivity (Wildman–Crippen MR) is 82.4 cm³/mol. The van der Waals surface area contributed by atoms with Gasteiger partial charge >= 0.3 is 0 Å². The van der Waals surface area contributed by atoms with E-state index in [2.05, 4.69) is 52.4 Å². The zero-order chi connectivity index (χ0) is 13.2. The van der Waals surface area contributed by atoms with Gasteiger partial charge in [-0.25, -0.2) is 0 Å². The zero-order valence-electron chi connectivity index (χ0n) is 10.6. The number of anilines is 1. The number of furan rings is 1. The molecule has 0 bridgehead atoms. The van der Waals surface area contributed by atoms with Crippen LogP contribution < -0.4 is 5.32 Å².